The summed E-state index contributed by atoms with van der Waals surface area (Å²) in [5.74, 6) is 0. The zero-order chi connectivity index (χ0) is 16.9. The second-order valence-electron chi connectivity index (χ2n) is 6.87. The van der Waals surface area contributed by atoms with Crippen LogP contribution >= 0.6 is 0 Å². The summed E-state index contributed by atoms with van der Waals surface area (Å²) in [5, 5.41) is 6.25. The lowest BCUT2D eigenvalue weighted by atomic mass is 9.67. The molecule has 5 rings (SSSR count). The van der Waals surface area contributed by atoms with Crippen molar-refractivity contribution in [3.8, 4) is 0 Å². The van der Waals surface area contributed by atoms with Crippen LogP contribution in [-0.2, 0) is 5.41 Å². The number of para-hydroxylation sites is 1. The van der Waals surface area contributed by atoms with E-state index in [-0.39, 0.29) is 5.41 Å². The van der Waals surface area contributed by atoms with Crippen molar-refractivity contribution >= 4 is 22.1 Å². The van der Waals surface area contributed by atoms with E-state index in [1.165, 1.54) is 38.8 Å². The molecule has 25 heavy (non-hydrogen) atoms. The van der Waals surface area contributed by atoms with E-state index in [2.05, 4.69) is 103 Å². The van der Waals surface area contributed by atoms with Crippen molar-refractivity contribution < 1.29 is 0 Å². The van der Waals surface area contributed by atoms with E-state index < -0.39 is 0 Å². The molecule has 0 bridgehead atoms. The molecule has 1 N–H and O–H groups in total. The Morgan fingerprint density at radius 1 is 0.640 bits per heavy atom. The molecule has 0 fully saturated rings. The highest BCUT2D eigenvalue weighted by Crippen LogP contribution is 2.51. The Labute approximate surface area is 148 Å². The molecular formula is C24H19N. The van der Waals surface area contributed by atoms with Crippen molar-refractivity contribution in [2.45, 2.75) is 12.3 Å². The van der Waals surface area contributed by atoms with Gasteiger partial charge in [0.15, 0.2) is 0 Å². The Kier molecular flexibility index (Phi) is 2.98. The monoisotopic (exact) mass is 321 g/mol. The Balaban J connectivity index is 1.94. The Hall–Kier alpha value is -3.06. The number of fused-ring (bicyclic) bond motifs is 4. The first-order valence-electron chi connectivity index (χ1n) is 8.73. The molecule has 1 atom stereocenters. The van der Waals surface area contributed by atoms with Crippen molar-refractivity contribution in [3.63, 3.8) is 0 Å². The number of anilines is 2. The molecule has 1 aliphatic rings. The zero-order valence-electron chi connectivity index (χ0n) is 14.2. The average Bonchev–Trinajstić information content (AvgIpc) is 2.68. The SMILES string of the molecule is C[C@]1(c2ccccc2)c2ccccc2Nc2ccc3ccccc3c21. The van der Waals surface area contributed by atoms with Crippen LogP contribution in [0.25, 0.3) is 10.8 Å². The van der Waals surface area contributed by atoms with Gasteiger partial charge in [-0.1, -0.05) is 78.9 Å². The maximum atomic E-state index is 3.66. The highest BCUT2D eigenvalue weighted by Gasteiger charge is 2.39. The number of nitrogens with one attached hydrogen (secondary N) is 1. The summed E-state index contributed by atoms with van der Waals surface area (Å²) in [7, 11) is 0. The molecule has 0 spiro atoms. The first-order chi connectivity index (χ1) is 12.3. The Bertz CT molecular complexity index is 1080. The molecule has 0 amide bonds. The Morgan fingerprint density at radius 2 is 1.36 bits per heavy atom. The molecule has 0 aliphatic carbocycles. The summed E-state index contributed by atoms with van der Waals surface area (Å²) in [6.07, 6.45) is 0. The molecule has 1 nitrogen and oxygen atoms in total. The highest BCUT2D eigenvalue weighted by atomic mass is 14.9. The molecule has 0 unspecified atom stereocenters. The van der Waals surface area contributed by atoms with Gasteiger partial charge in [0.2, 0.25) is 0 Å². The third kappa shape index (κ3) is 1.96. The number of hydrogen-bond donors (Lipinski definition) is 1. The Morgan fingerprint density at radius 3 is 2.24 bits per heavy atom. The molecule has 120 valence electrons. The normalized spacial score (nSPS) is 18.3. The summed E-state index contributed by atoms with van der Waals surface area (Å²) in [6, 6.07) is 32.6. The van der Waals surface area contributed by atoms with Crippen molar-refractivity contribution in [2.75, 3.05) is 5.32 Å². The van der Waals surface area contributed by atoms with Crippen LogP contribution in [0.15, 0.2) is 91.0 Å². The van der Waals surface area contributed by atoms with E-state index >= 15 is 0 Å². The van der Waals surface area contributed by atoms with Gasteiger partial charge in [0.05, 0.1) is 0 Å². The van der Waals surface area contributed by atoms with E-state index in [1.807, 2.05) is 0 Å². The fourth-order valence-corrected chi connectivity index (χ4v) is 4.29. The molecule has 4 aromatic rings. The van der Waals surface area contributed by atoms with Gasteiger partial charge in [0.1, 0.15) is 0 Å². The molecule has 1 heteroatoms. The lowest BCUT2D eigenvalue weighted by Crippen LogP contribution is -2.31. The minimum atomic E-state index is -0.195. The van der Waals surface area contributed by atoms with Crippen LogP contribution in [0.4, 0.5) is 11.4 Å². The summed E-state index contributed by atoms with van der Waals surface area (Å²) in [5.41, 5.74) is 6.20. The number of rotatable bonds is 1. The van der Waals surface area contributed by atoms with E-state index in [4.69, 9.17) is 0 Å². The molecule has 0 saturated heterocycles. The average molecular weight is 321 g/mol. The summed E-state index contributed by atoms with van der Waals surface area (Å²) in [6.45, 7) is 2.35. The molecule has 1 heterocycles. The van der Waals surface area contributed by atoms with E-state index in [0.717, 1.165) is 0 Å². The van der Waals surface area contributed by atoms with Gasteiger partial charge in [-0.25, -0.2) is 0 Å². The van der Waals surface area contributed by atoms with Crippen LogP contribution in [0.5, 0.6) is 0 Å². The highest BCUT2D eigenvalue weighted by molar-refractivity contribution is 5.96. The molecular weight excluding hydrogens is 302 g/mol. The van der Waals surface area contributed by atoms with Crippen molar-refractivity contribution in [2.24, 2.45) is 0 Å². The van der Waals surface area contributed by atoms with E-state index in [0.29, 0.717) is 0 Å². The van der Waals surface area contributed by atoms with E-state index in [9.17, 15) is 0 Å². The molecule has 1 aliphatic heterocycles. The summed E-state index contributed by atoms with van der Waals surface area (Å²) < 4.78 is 0. The number of hydrogen-bond acceptors (Lipinski definition) is 1. The van der Waals surface area contributed by atoms with Crippen LogP contribution in [0, 0.1) is 0 Å². The minimum Gasteiger partial charge on any atom is -0.355 e. The second-order valence-corrected chi connectivity index (χ2v) is 6.87. The molecule has 0 saturated carbocycles. The summed E-state index contributed by atoms with van der Waals surface area (Å²) in [4.78, 5) is 0. The van der Waals surface area contributed by atoms with Gasteiger partial charge >= 0.3 is 0 Å². The largest absolute Gasteiger partial charge is 0.355 e. The standard InChI is InChI=1S/C24H19N/c1-24(18-10-3-2-4-11-18)20-13-7-8-14-21(20)25-22-16-15-17-9-5-6-12-19(17)23(22)24/h2-16,25H,1H3/t24-/m0/s1. The van der Waals surface area contributed by atoms with Gasteiger partial charge in [-0.15, -0.1) is 0 Å². The van der Waals surface area contributed by atoms with Gasteiger partial charge in [0.25, 0.3) is 0 Å². The van der Waals surface area contributed by atoms with Crippen molar-refractivity contribution in [3.05, 3.63) is 108 Å². The van der Waals surface area contributed by atoms with Gasteiger partial charge < -0.3 is 5.32 Å². The maximum Gasteiger partial charge on any atom is 0.0470 e. The lowest BCUT2D eigenvalue weighted by molar-refractivity contribution is 0.696. The predicted molar refractivity (Wildman–Crippen MR) is 106 cm³/mol. The van der Waals surface area contributed by atoms with Crippen LogP contribution in [0.3, 0.4) is 0 Å². The van der Waals surface area contributed by atoms with Gasteiger partial charge in [-0.3, -0.25) is 0 Å². The fraction of sp³-hybridized carbons (Fsp3) is 0.0833. The third-order valence-corrected chi connectivity index (χ3v) is 5.52. The third-order valence-electron chi connectivity index (χ3n) is 5.52. The van der Waals surface area contributed by atoms with Crippen molar-refractivity contribution in [1.29, 1.82) is 0 Å². The maximum absolute atomic E-state index is 3.66. The predicted octanol–water partition coefficient (Wildman–Crippen LogP) is 6.25. The fourth-order valence-electron chi connectivity index (χ4n) is 4.29. The lowest BCUT2D eigenvalue weighted by Gasteiger charge is -2.40. The van der Waals surface area contributed by atoms with Gasteiger partial charge in [-0.2, -0.15) is 0 Å². The molecule has 0 aromatic heterocycles. The minimum absolute atomic E-state index is 0.195. The van der Waals surface area contributed by atoms with Crippen LogP contribution in [0.1, 0.15) is 23.6 Å². The summed E-state index contributed by atoms with van der Waals surface area (Å²) >= 11 is 0. The smallest absolute Gasteiger partial charge is 0.0470 e. The van der Waals surface area contributed by atoms with E-state index in [1.54, 1.807) is 0 Å². The molecule has 0 radical (unpaired) electrons. The topological polar surface area (TPSA) is 12.0 Å². The van der Waals surface area contributed by atoms with Crippen LogP contribution in [0.2, 0.25) is 0 Å². The van der Waals surface area contributed by atoms with Crippen LogP contribution in [-0.4, -0.2) is 0 Å². The zero-order valence-corrected chi connectivity index (χ0v) is 14.2. The first kappa shape index (κ1) is 14.3. The van der Waals surface area contributed by atoms with Crippen molar-refractivity contribution in [1.82, 2.24) is 0 Å². The van der Waals surface area contributed by atoms with Crippen LogP contribution < -0.4 is 5.32 Å². The van der Waals surface area contributed by atoms with Gasteiger partial charge in [-0.05, 0) is 46.5 Å². The quantitative estimate of drug-likeness (QED) is 0.437. The van der Waals surface area contributed by atoms with Gasteiger partial charge in [0, 0.05) is 16.8 Å². The number of benzene rings is 4. The second kappa shape index (κ2) is 5.22. The first-order valence-corrected chi connectivity index (χ1v) is 8.73. The molecule has 4 aromatic carbocycles.